The van der Waals surface area contributed by atoms with Crippen LogP contribution < -0.4 is 0 Å². The molecule has 1 aliphatic heterocycles. The Bertz CT molecular complexity index is 1180. The molecule has 0 aliphatic carbocycles. The number of aliphatic hydroxyl groups is 1. The molecule has 0 amide bonds. The molecule has 4 nitrogen and oxygen atoms in total. The fraction of sp³-hybridized carbons (Fsp3) is 0.333. The smallest absolute Gasteiger partial charge is 0.0845 e. The molecular formula is C27H31Cl2I2N3O. The molecule has 1 aromatic heterocycles. The number of rotatable bonds is 7. The van der Waals surface area contributed by atoms with Gasteiger partial charge in [0.1, 0.15) is 0 Å². The van der Waals surface area contributed by atoms with Crippen molar-refractivity contribution in [1.82, 2.24) is 14.4 Å². The molecule has 0 bridgehead atoms. The van der Waals surface area contributed by atoms with Gasteiger partial charge >= 0.3 is 0 Å². The molecule has 1 unspecified atom stereocenters. The van der Waals surface area contributed by atoms with Crippen molar-refractivity contribution in [2.24, 2.45) is 0 Å². The van der Waals surface area contributed by atoms with Gasteiger partial charge in [0.2, 0.25) is 0 Å². The van der Waals surface area contributed by atoms with E-state index >= 15 is 0 Å². The first-order valence-electron chi connectivity index (χ1n) is 11.6. The van der Waals surface area contributed by atoms with Crippen molar-refractivity contribution < 1.29 is 5.11 Å². The monoisotopic (exact) mass is 737 g/mol. The first-order valence-corrected chi connectivity index (χ1v) is 13.8. The van der Waals surface area contributed by atoms with Crippen LogP contribution in [0.1, 0.15) is 5.56 Å². The number of β-amino-alcohol motifs (C(OH)–C–C–N with tert-alkyl or cyclic N) is 1. The molecule has 0 radical (unpaired) electrons. The molecule has 1 aliphatic rings. The van der Waals surface area contributed by atoms with E-state index in [1.165, 1.54) is 34.5 Å². The molecule has 1 atom stereocenters. The summed E-state index contributed by atoms with van der Waals surface area (Å²) in [6.45, 7) is 6.65. The summed E-state index contributed by atoms with van der Waals surface area (Å²) in [5, 5.41) is 13.6. The number of aromatic nitrogens is 1. The molecule has 3 aromatic carbocycles. The third-order valence-corrected chi connectivity index (χ3v) is 8.02. The third-order valence-electron chi connectivity index (χ3n) is 6.68. The van der Waals surface area contributed by atoms with Crippen LogP contribution in [0.15, 0.2) is 66.7 Å². The summed E-state index contributed by atoms with van der Waals surface area (Å²) in [6, 6.07) is 24.0. The van der Waals surface area contributed by atoms with Crippen LogP contribution in [0, 0.1) is 7.14 Å². The molecule has 188 valence electrons. The highest BCUT2D eigenvalue weighted by molar-refractivity contribution is 14.1. The van der Waals surface area contributed by atoms with Gasteiger partial charge in [0.25, 0.3) is 0 Å². The first kappa shape index (κ1) is 28.9. The zero-order chi connectivity index (χ0) is 22.8. The molecule has 0 saturated carbocycles. The second-order valence-electron chi connectivity index (χ2n) is 8.97. The molecule has 5 rings (SSSR count). The highest BCUT2D eigenvalue weighted by Gasteiger charge is 2.21. The minimum absolute atomic E-state index is 0. The van der Waals surface area contributed by atoms with Crippen molar-refractivity contribution in [2.75, 3.05) is 39.3 Å². The molecule has 1 saturated heterocycles. The summed E-state index contributed by atoms with van der Waals surface area (Å²) in [6.07, 6.45) is 0.716. The average molecular weight is 738 g/mol. The van der Waals surface area contributed by atoms with Crippen molar-refractivity contribution in [3.8, 4) is 0 Å². The van der Waals surface area contributed by atoms with E-state index in [1.54, 1.807) is 0 Å². The van der Waals surface area contributed by atoms with Gasteiger partial charge in [0, 0.05) is 68.2 Å². The van der Waals surface area contributed by atoms with E-state index in [1.807, 2.05) is 0 Å². The molecule has 1 fully saturated rings. The topological polar surface area (TPSA) is 31.6 Å². The van der Waals surface area contributed by atoms with Crippen LogP contribution in [0.2, 0.25) is 0 Å². The molecule has 35 heavy (non-hydrogen) atoms. The van der Waals surface area contributed by atoms with Crippen LogP contribution in [0.5, 0.6) is 0 Å². The molecule has 0 spiro atoms. The predicted octanol–water partition coefficient (Wildman–Crippen LogP) is 6.07. The Kier molecular flexibility index (Phi) is 11.0. The van der Waals surface area contributed by atoms with E-state index in [0.717, 1.165) is 45.7 Å². The van der Waals surface area contributed by atoms with Gasteiger partial charge in [-0.05, 0) is 93.6 Å². The Morgan fingerprint density at radius 3 is 1.83 bits per heavy atom. The normalized spacial score (nSPS) is 15.6. The van der Waals surface area contributed by atoms with Gasteiger partial charge < -0.3 is 14.6 Å². The molecular weight excluding hydrogens is 707 g/mol. The van der Waals surface area contributed by atoms with Crippen LogP contribution in [-0.2, 0) is 13.0 Å². The van der Waals surface area contributed by atoms with E-state index in [2.05, 4.69) is 126 Å². The van der Waals surface area contributed by atoms with Crippen molar-refractivity contribution in [3.63, 3.8) is 0 Å². The van der Waals surface area contributed by atoms with Gasteiger partial charge in [-0.1, -0.05) is 30.3 Å². The zero-order valence-corrected chi connectivity index (χ0v) is 25.4. The Morgan fingerprint density at radius 2 is 1.26 bits per heavy atom. The summed E-state index contributed by atoms with van der Waals surface area (Å²) in [7, 11) is 0. The molecule has 8 heteroatoms. The standard InChI is InChI=1S/C27H29I2N3O.2ClH/c28-21-6-8-26-24(16-21)25-17-22(29)7-9-27(25)32(26)19-23(33)18-31-14-12-30(13-15-31)11-10-20-4-2-1-3-5-20;;/h1-9,16-17,23,33H,10-15,18-19H2;2*1H. The molecule has 2 heterocycles. The zero-order valence-electron chi connectivity index (χ0n) is 19.4. The quantitative estimate of drug-likeness (QED) is 0.234. The Balaban J connectivity index is 0.00000171. The lowest BCUT2D eigenvalue weighted by atomic mass is 10.1. The predicted molar refractivity (Wildman–Crippen MR) is 168 cm³/mol. The minimum Gasteiger partial charge on any atom is -0.390 e. The maximum Gasteiger partial charge on any atom is 0.0845 e. The first-order chi connectivity index (χ1) is 16.1. The fourth-order valence-corrected chi connectivity index (χ4v) is 5.92. The second kappa shape index (κ2) is 13.3. The van der Waals surface area contributed by atoms with Crippen LogP contribution in [-0.4, -0.2) is 64.8 Å². The number of hydrogen-bond donors (Lipinski definition) is 1. The fourth-order valence-electron chi connectivity index (χ4n) is 4.94. The second-order valence-corrected chi connectivity index (χ2v) is 11.5. The molecule has 1 N–H and O–H groups in total. The van der Waals surface area contributed by atoms with Crippen molar-refractivity contribution in [2.45, 2.75) is 19.1 Å². The Morgan fingerprint density at radius 1 is 0.714 bits per heavy atom. The lowest BCUT2D eigenvalue weighted by Crippen LogP contribution is -2.49. The van der Waals surface area contributed by atoms with Gasteiger partial charge in [-0.15, -0.1) is 24.8 Å². The van der Waals surface area contributed by atoms with Crippen LogP contribution in [0.25, 0.3) is 21.8 Å². The maximum absolute atomic E-state index is 11.0. The number of halogens is 4. The van der Waals surface area contributed by atoms with E-state index < -0.39 is 6.10 Å². The number of nitrogens with zero attached hydrogens (tertiary/aromatic N) is 3. The Labute approximate surface area is 247 Å². The van der Waals surface area contributed by atoms with Crippen molar-refractivity contribution >= 4 is 91.8 Å². The van der Waals surface area contributed by atoms with Gasteiger partial charge in [-0.2, -0.15) is 0 Å². The number of aliphatic hydroxyl groups excluding tert-OH is 1. The van der Waals surface area contributed by atoms with Gasteiger partial charge in [0.15, 0.2) is 0 Å². The lowest BCUT2D eigenvalue weighted by Gasteiger charge is -2.35. The minimum atomic E-state index is -0.391. The summed E-state index contributed by atoms with van der Waals surface area (Å²) in [5.41, 5.74) is 3.82. The van der Waals surface area contributed by atoms with Crippen LogP contribution in [0.4, 0.5) is 0 Å². The highest BCUT2D eigenvalue weighted by atomic mass is 127. The van der Waals surface area contributed by atoms with Crippen LogP contribution >= 0.6 is 70.0 Å². The number of hydrogen-bond acceptors (Lipinski definition) is 3. The number of piperazine rings is 1. The summed E-state index contributed by atoms with van der Waals surface area (Å²) >= 11 is 4.76. The third kappa shape index (κ3) is 7.03. The van der Waals surface area contributed by atoms with Crippen molar-refractivity contribution in [1.29, 1.82) is 0 Å². The highest BCUT2D eigenvalue weighted by Crippen LogP contribution is 2.31. The van der Waals surface area contributed by atoms with Crippen molar-refractivity contribution in [3.05, 3.63) is 79.4 Å². The van der Waals surface area contributed by atoms with E-state index in [4.69, 9.17) is 0 Å². The summed E-state index contributed by atoms with van der Waals surface area (Å²) < 4.78 is 4.78. The Hall–Kier alpha value is -0.620. The SMILES string of the molecule is Cl.Cl.OC(CN1CCN(CCc2ccccc2)CC1)Cn1c2ccc(I)cc2c2cc(I)ccc21. The number of benzene rings is 3. The lowest BCUT2D eigenvalue weighted by molar-refractivity contribution is 0.0659. The van der Waals surface area contributed by atoms with Crippen LogP contribution in [0.3, 0.4) is 0 Å². The summed E-state index contributed by atoms with van der Waals surface area (Å²) in [4.78, 5) is 4.97. The van der Waals surface area contributed by atoms with E-state index in [0.29, 0.717) is 6.54 Å². The van der Waals surface area contributed by atoms with Gasteiger partial charge in [0.05, 0.1) is 12.6 Å². The molecule has 4 aromatic rings. The largest absolute Gasteiger partial charge is 0.390 e. The summed E-state index contributed by atoms with van der Waals surface area (Å²) in [5.74, 6) is 0. The van der Waals surface area contributed by atoms with E-state index in [9.17, 15) is 5.11 Å². The van der Waals surface area contributed by atoms with Gasteiger partial charge in [-0.3, -0.25) is 4.90 Å². The maximum atomic E-state index is 11.0. The van der Waals surface area contributed by atoms with E-state index in [-0.39, 0.29) is 24.8 Å². The van der Waals surface area contributed by atoms with Gasteiger partial charge in [-0.25, -0.2) is 0 Å². The average Bonchev–Trinajstić information content (AvgIpc) is 3.11. The number of fused-ring (bicyclic) bond motifs is 3.